The Labute approximate surface area is 101 Å². The van der Waals surface area contributed by atoms with Crippen LogP contribution < -0.4 is 5.19 Å². The van der Waals surface area contributed by atoms with Crippen molar-refractivity contribution in [1.29, 1.82) is 0 Å². The van der Waals surface area contributed by atoms with Crippen LogP contribution in [0.3, 0.4) is 0 Å². The van der Waals surface area contributed by atoms with E-state index in [9.17, 15) is 0 Å². The van der Waals surface area contributed by atoms with Crippen LogP contribution in [0, 0.1) is 0 Å². The molecule has 0 fully saturated rings. The van der Waals surface area contributed by atoms with Crippen LogP contribution in [0.2, 0.25) is 11.1 Å². The van der Waals surface area contributed by atoms with Gasteiger partial charge in [-0.2, -0.15) is 0 Å². The van der Waals surface area contributed by atoms with Gasteiger partial charge in [0.2, 0.25) is 0 Å². The van der Waals surface area contributed by atoms with Crippen molar-refractivity contribution in [2.24, 2.45) is 0 Å². The second-order valence-corrected chi connectivity index (χ2v) is 8.74. The summed E-state index contributed by atoms with van der Waals surface area (Å²) in [5, 5.41) is 10.5. The van der Waals surface area contributed by atoms with E-state index in [0.29, 0.717) is 0 Å². The molecule has 0 aliphatic carbocycles. The van der Waals surface area contributed by atoms with Crippen LogP contribution in [0.4, 0.5) is 0 Å². The number of benzene rings is 1. The molecule has 0 bridgehead atoms. The van der Waals surface area contributed by atoms with Gasteiger partial charge in [-0.1, -0.05) is 57.1 Å². The lowest BCUT2D eigenvalue weighted by atomic mass is 10.2. The highest BCUT2D eigenvalue weighted by Gasteiger charge is 2.21. The van der Waals surface area contributed by atoms with E-state index in [0.717, 1.165) is 17.5 Å². The van der Waals surface area contributed by atoms with E-state index < -0.39 is 8.80 Å². The van der Waals surface area contributed by atoms with E-state index >= 15 is 0 Å². The first kappa shape index (κ1) is 13.5. The van der Waals surface area contributed by atoms with Gasteiger partial charge in [-0.3, -0.25) is 0 Å². The Bertz CT molecular complexity index is 312. The van der Waals surface area contributed by atoms with Crippen LogP contribution in [0.1, 0.15) is 33.3 Å². The molecule has 16 heavy (non-hydrogen) atoms. The maximum atomic E-state index is 8.98. The van der Waals surface area contributed by atoms with Gasteiger partial charge in [0.1, 0.15) is 0 Å². The minimum atomic E-state index is -0.478. The van der Waals surface area contributed by atoms with Gasteiger partial charge in [0.25, 0.3) is 0 Å². The number of hydrogen-bond acceptors (Lipinski definition) is 1. The zero-order valence-corrected chi connectivity index (χ0v) is 11.8. The topological polar surface area (TPSA) is 20.2 Å². The van der Waals surface area contributed by atoms with Crippen LogP contribution in [0.25, 0.3) is 0 Å². The SMILES string of the molecule is CC(C)[Si](c1cccc(CCO)c1)C(C)C. The average Bonchev–Trinajstić information content (AvgIpc) is 2.17. The Morgan fingerprint density at radius 1 is 1.12 bits per heavy atom. The van der Waals surface area contributed by atoms with Crippen LogP contribution in [-0.4, -0.2) is 20.5 Å². The van der Waals surface area contributed by atoms with E-state index in [1.165, 1.54) is 10.8 Å². The van der Waals surface area contributed by atoms with E-state index in [1.807, 2.05) is 0 Å². The molecule has 0 amide bonds. The summed E-state index contributed by atoms with van der Waals surface area (Å²) < 4.78 is 0. The molecule has 2 heteroatoms. The minimum Gasteiger partial charge on any atom is -0.396 e. The van der Waals surface area contributed by atoms with Gasteiger partial charge in [0.15, 0.2) is 0 Å². The second kappa shape index (κ2) is 6.21. The highest BCUT2D eigenvalue weighted by molar-refractivity contribution is 6.75. The van der Waals surface area contributed by atoms with Gasteiger partial charge >= 0.3 is 0 Å². The van der Waals surface area contributed by atoms with Crippen molar-refractivity contribution in [3.63, 3.8) is 0 Å². The molecule has 1 nitrogen and oxygen atoms in total. The molecule has 1 radical (unpaired) electrons. The van der Waals surface area contributed by atoms with Crippen molar-refractivity contribution in [3.8, 4) is 0 Å². The number of rotatable bonds is 5. The average molecular weight is 235 g/mol. The van der Waals surface area contributed by atoms with Crippen molar-refractivity contribution in [1.82, 2.24) is 0 Å². The van der Waals surface area contributed by atoms with Crippen LogP contribution in [0.15, 0.2) is 24.3 Å². The smallest absolute Gasteiger partial charge is 0.0910 e. The van der Waals surface area contributed by atoms with Crippen molar-refractivity contribution in [2.75, 3.05) is 6.61 Å². The quantitative estimate of drug-likeness (QED) is 0.778. The van der Waals surface area contributed by atoms with Gasteiger partial charge in [-0.25, -0.2) is 0 Å². The van der Waals surface area contributed by atoms with Crippen LogP contribution >= 0.6 is 0 Å². The lowest BCUT2D eigenvalue weighted by molar-refractivity contribution is 0.299. The van der Waals surface area contributed by atoms with Crippen molar-refractivity contribution >= 4 is 14.0 Å². The third-order valence-electron chi connectivity index (χ3n) is 2.90. The molecule has 1 aromatic rings. The first-order valence-electron chi connectivity index (χ1n) is 6.13. The van der Waals surface area contributed by atoms with Gasteiger partial charge < -0.3 is 5.11 Å². The first-order valence-corrected chi connectivity index (χ1v) is 7.78. The van der Waals surface area contributed by atoms with E-state index in [4.69, 9.17) is 5.11 Å². The molecular formula is C14H23OSi. The van der Waals surface area contributed by atoms with E-state index in [2.05, 4.69) is 52.0 Å². The first-order chi connectivity index (χ1) is 7.56. The molecule has 1 aromatic carbocycles. The maximum Gasteiger partial charge on any atom is 0.0910 e. The minimum absolute atomic E-state index is 0.245. The van der Waals surface area contributed by atoms with Crippen molar-refractivity contribution in [3.05, 3.63) is 29.8 Å². The van der Waals surface area contributed by atoms with Gasteiger partial charge in [0.05, 0.1) is 8.80 Å². The second-order valence-electron chi connectivity index (χ2n) is 4.94. The molecule has 0 aliphatic rings. The molecule has 0 aromatic heterocycles. The summed E-state index contributed by atoms with van der Waals surface area (Å²) in [6.45, 7) is 9.55. The summed E-state index contributed by atoms with van der Waals surface area (Å²) in [5.41, 5.74) is 2.78. The Morgan fingerprint density at radius 3 is 2.25 bits per heavy atom. The van der Waals surface area contributed by atoms with E-state index in [1.54, 1.807) is 0 Å². The molecule has 89 valence electrons. The summed E-state index contributed by atoms with van der Waals surface area (Å²) in [6, 6.07) is 8.80. The fourth-order valence-corrected chi connectivity index (χ4v) is 5.68. The summed E-state index contributed by atoms with van der Waals surface area (Å²) in [7, 11) is -0.478. The van der Waals surface area contributed by atoms with Crippen LogP contribution in [0.5, 0.6) is 0 Å². The maximum absolute atomic E-state index is 8.98. The highest BCUT2D eigenvalue weighted by atomic mass is 28.3. The fourth-order valence-electron chi connectivity index (χ4n) is 2.37. The molecule has 1 N–H and O–H groups in total. The number of aliphatic hydroxyl groups is 1. The monoisotopic (exact) mass is 235 g/mol. The van der Waals surface area contributed by atoms with Gasteiger partial charge in [0, 0.05) is 6.61 Å². The molecule has 0 saturated carbocycles. The van der Waals surface area contributed by atoms with Crippen molar-refractivity contribution in [2.45, 2.75) is 45.2 Å². The molecule has 0 saturated heterocycles. The Hall–Kier alpha value is -0.603. The normalized spacial score (nSPS) is 11.8. The van der Waals surface area contributed by atoms with Gasteiger partial charge in [-0.15, -0.1) is 0 Å². The lowest BCUT2D eigenvalue weighted by Crippen LogP contribution is -2.36. The molecule has 1 rings (SSSR count). The molecule has 0 unspecified atom stereocenters. The summed E-state index contributed by atoms with van der Waals surface area (Å²) in [5.74, 6) is 0. The Balaban J connectivity index is 2.95. The third-order valence-corrected chi connectivity index (χ3v) is 6.37. The fraction of sp³-hybridized carbons (Fsp3) is 0.571. The molecule has 0 spiro atoms. The Kier molecular flexibility index (Phi) is 5.23. The summed E-state index contributed by atoms with van der Waals surface area (Å²) >= 11 is 0. The predicted molar refractivity (Wildman–Crippen MR) is 72.8 cm³/mol. The number of aliphatic hydroxyl groups excluding tert-OH is 1. The van der Waals surface area contributed by atoms with Crippen molar-refractivity contribution < 1.29 is 5.11 Å². The zero-order valence-electron chi connectivity index (χ0n) is 10.8. The third kappa shape index (κ3) is 3.46. The molecular weight excluding hydrogens is 212 g/mol. The Morgan fingerprint density at radius 2 is 1.75 bits per heavy atom. The predicted octanol–water partition coefficient (Wildman–Crippen LogP) is 2.74. The molecule has 0 aliphatic heterocycles. The highest BCUT2D eigenvalue weighted by Crippen LogP contribution is 2.20. The summed E-state index contributed by atoms with van der Waals surface area (Å²) in [4.78, 5) is 0. The van der Waals surface area contributed by atoms with Gasteiger partial charge in [-0.05, 0) is 23.1 Å². The van der Waals surface area contributed by atoms with E-state index in [-0.39, 0.29) is 6.61 Å². The molecule has 0 atom stereocenters. The number of hydrogen-bond donors (Lipinski definition) is 1. The summed E-state index contributed by atoms with van der Waals surface area (Å²) in [6.07, 6.45) is 0.777. The lowest BCUT2D eigenvalue weighted by Gasteiger charge is -2.23. The van der Waals surface area contributed by atoms with Crippen LogP contribution in [-0.2, 0) is 6.42 Å². The largest absolute Gasteiger partial charge is 0.396 e. The zero-order chi connectivity index (χ0) is 12.1. The molecule has 0 heterocycles. The standard InChI is InChI=1S/C14H23OSi/c1-11(2)16(12(3)4)14-7-5-6-13(10-14)8-9-15/h5-7,10-12,15H,8-9H2,1-4H3.